The summed E-state index contributed by atoms with van der Waals surface area (Å²) in [5.41, 5.74) is 0. The summed E-state index contributed by atoms with van der Waals surface area (Å²) in [5, 5.41) is 8.03. The Labute approximate surface area is 80.7 Å². The van der Waals surface area contributed by atoms with Crippen LogP contribution >= 0.6 is 0 Å². The number of rotatable bonds is 4. The van der Waals surface area contributed by atoms with E-state index < -0.39 is 28.0 Å². The van der Waals surface area contributed by atoms with Gasteiger partial charge in [-0.1, -0.05) is 7.43 Å². The molecule has 0 aromatic carbocycles. The number of carbonyl (C=O) groups is 2. The predicted octanol–water partition coefficient (Wildman–Crippen LogP) is -0.348. The first-order valence-electron chi connectivity index (χ1n) is 2.84. The molecule has 0 radical (unpaired) electrons. The van der Waals surface area contributed by atoms with Gasteiger partial charge in [-0.25, -0.2) is 9.59 Å². The van der Waals surface area contributed by atoms with Gasteiger partial charge in [0, 0.05) is 12.2 Å². The highest BCUT2D eigenvalue weighted by Crippen LogP contribution is 1.87. The number of hydrogen-bond acceptors (Lipinski definition) is 5. The Bertz CT molecular complexity index is 326. The molecule has 0 aliphatic rings. The molecule has 0 bridgehead atoms. The topological polar surface area (TPSA) is 118 Å². The van der Waals surface area contributed by atoms with Crippen LogP contribution in [0, 0.1) is 0 Å². The summed E-state index contributed by atoms with van der Waals surface area (Å²) in [6, 6.07) is 0. The highest BCUT2D eigenvalue weighted by Gasteiger charge is 2.07. The van der Waals surface area contributed by atoms with Gasteiger partial charge in [-0.3, -0.25) is 4.55 Å². The Balaban J connectivity index is 0. The molecule has 0 saturated heterocycles. The van der Waals surface area contributed by atoms with Crippen molar-refractivity contribution in [2.75, 3.05) is 5.94 Å². The van der Waals surface area contributed by atoms with Crippen molar-refractivity contribution in [1.82, 2.24) is 0 Å². The first-order chi connectivity index (χ1) is 5.81. The number of carboxylic acids is 1. The minimum Gasteiger partial charge on any atom is -0.478 e. The zero-order chi connectivity index (χ0) is 10.5. The second-order valence-electron chi connectivity index (χ2n) is 1.83. The van der Waals surface area contributed by atoms with E-state index in [1.165, 1.54) is 0 Å². The Morgan fingerprint density at radius 2 is 1.79 bits per heavy atom. The fourth-order valence-electron chi connectivity index (χ4n) is 0.320. The first kappa shape index (κ1) is 15.1. The quantitative estimate of drug-likeness (QED) is 0.382. The fourth-order valence-corrected chi connectivity index (χ4v) is 0.585. The molecule has 0 aromatic rings. The molecule has 0 spiro atoms. The van der Waals surface area contributed by atoms with Gasteiger partial charge >= 0.3 is 22.1 Å². The molecular formula is C6H10O7S. The fraction of sp³-hybridized carbons (Fsp3) is 0.333. The first-order valence-corrected chi connectivity index (χ1v) is 4.45. The molecule has 0 aliphatic heterocycles. The molecule has 0 fully saturated rings. The molecule has 0 aliphatic carbocycles. The summed E-state index contributed by atoms with van der Waals surface area (Å²) in [6.45, 7) is 0. The zero-order valence-corrected chi connectivity index (χ0v) is 7.02. The lowest BCUT2D eigenvalue weighted by molar-refractivity contribution is -0.137. The normalized spacial score (nSPS) is 10.6. The second-order valence-corrected chi connectivity index (χ2v) is 3.23. The van der Waals surface area contributed by atoms with Crippen molar-refractivity contribution >= 4 is 22.1 Å². The van der Waals surface area contributed by atoms with Crippen LogP contribution in [0.2, 0.25) is 0 Å². The monoisotopic (exact) mass is 226 g/mol. The summed E-state index contributed by atoms with van der Waals surface area (Å²) in [6.07, 6.45) is 1.000. The molecule has 0 saturated carbocycles. The Morgan fingerprint density at radius 1 is 1.29 bits per heavy atom. The number of carbonyl (C=O) groups excluding carboxylic acids is 1. The Kier molecular flexibility index (Phi) is 6.58. The summed E-state index contributed by atoms with van der Waals surface area (Å²) in [7, 11) is -4.38. The molecule has 0 rings (SSSR count). The number of aliphatic carboxylic acids is 1. The van der Waals surface area contributed by atoms with E-state index in [2.05, 4.69) is 4.74 Å². The molecule has 0 heterocycles. The maximum absolute atomic E-state index is 10.4. The predicted molar refractivity (Wildman–Crippen MR) is 46.0 cm³/mol. The third-order valence-electron chi connectivity index (χ3n) is 0.712. The minimum absolute atomic E-state index is 0. The molecule has 7 nitrogen and oxygen atoms in total. The van der Waals surface area contributed by atoms with Crippen LogP contribution in [0.4, 0.5) is 0 Å². The lowest BCUT2D eigenvalue weighted by atomic mass is 10.5. The standard InChI is InChI=1S/C5H6O7S.CH4/c6-4(7)1-2-5(8)12-3-13(9,10)11;/h1-2H,3H2,(H,6,7)(H,9,10,11);1H4/b2-1+;. The van der Waals surface area contributed by atoms with E-state index in [1.807, 2.05) is 0 Å². The van der Waals surface area contributed by atoms with Crippen LogP contribution in [0.15, 0.2) is 12.2 Å². The Hall–Kier alpha value is -1.41. The van der Waals surface area contributed by atoms with Crippen LogP contribution in [0.5, 0.6) is 0 Å². The van der Waals surface area contributed by atoms with E-state index in [4.69, 9.17) is 9.66 Å². The SMILES string of the molecule is C.O=C(O)/C=C/C(=O)OCS(=O)(=O)O. The van der Waals surface area contributed by atoms with E-state index in [0.717, 1.165) is 0 Å². The largest absolute Gasteiger partial charge is 0.478 e. The molecule has 0 unspecified atom stereocenters. The van der Waals surface area contributed by atoms with Gasteiger partial charge in [0.05, 0.1) is 0 Å². The van der Waals surface area contributed by atoms with Crippen molar-refractivity contribution in [2.24, 2.45) is 0 Å². The van der Waals surface area contributed by atoms with Crippen LogP contribution in [0.25, 0.3) is 0 Å². The highest BCUT2D eigenvalue weighted by molar-refractivity contribution is 7.85. The summed E-state index contributed by atoms with van der Waals surface area (Å²) < 4.78 is 32.1. The van der Waals surface area contributed by atoms with Crippen molar-refractivity contribution in [1.29, 1.82) is 0 Å². The molecular weight excluding hydrogens is 216 g/mol. The van der Waals surface area contributed by atoms with Gasteiger partial charge in [-0.05, 0) is 0 Å². The van der Waals surface area contributed by atoms with Gasteiger partial charge in [0.15, 0.2) is 0 Å². The van der Waals surface area contributed by atoms with Crippen LogP contribution < -0.4 is 0 Å². The molecule has 0 atom stereocenters. The molecule has 82 valence electrons. The van der Waals surface area contributed by atoms with Crippen LogP contribution in [-0.2, 0) is 24.4 Å². The van der Waals surface area contributed by atoms with Crippen molar-refractivity contribution in [3.63, 3.8) is 0 Å². The number of hydrogen-bond donors (Lipinski definition) is 2. The maximum Gasteiger partial charge on any atom is 0.332 e. The number of esters is 1. The summed E-state index contributed by atoms with van der Waals surface area (Å²) >= 11 is 0. The third-order valence-corrected chi connectivity index (χ3v) is 1.13. The van der Waals surface area contributed by atoms with Crippen molar-refractivity contribution in [3.05, 3.63) is 12.2 Å². The lowest BCUT2D eigenvalue weighted by Crippen LogP contribution is -2.11. The highest BCUT2D eigenvalue weighted by atomic mass is 32.2. The van der Waals surface area contributed by atoms with E-state index in [9.17, 15) is 18.0 Å². The van der Waals surface area contributed by atoms with Gasteiger partial charge in [-0.2, -0.15) is 8.42 Å². The van der Waals surface area contributed by atoms with Gasteiger partial charge in [0.2, 0.25) is 5.94 Å². The van der Waals surface area contributed by atoms with Crippen LogP contribution in [0.3, 0.4) is 0 Å². The molecule has 0 aromatic heterocycles. The minimum atomic E-state index is -4.38. The molecule has 2 N–H and O–H groups in total. The third kappa shape index (κ3) is 10.6. The van der Waals surface area contributed by atoms with Crippen molar-refractivity contribution in [2.45, 2.75) is 7.43 Å². The van der Waals surface area contributed by atoms with Gasteiger partial charge in [0.1, 0.15) is 0 Å². The molecule has 14 heavy (non-hydrogen) atoms. The second kappa shape index (κ2) is 6.11. The van der Waals surface area contributed by atoms with Gasteiger partial charge in [0.25, 0.3) is 0 Å². The maximum atomic E-state index is 10.4. The average Bonchev–Trinajstić information content (AvgIpc) is 1.95. The van der Waals surface area contributed by atoms with E-state index >= 15 is 0 Å². The number of ether oxygens (including phenoxy) is 1. The van der Waals surface area contributed by atoms with Crippen molar-refractivity contribution in [3.8, 4) is 0 Å². The summed E-state index contributed by atoms with van der Waals surface area (Å²) in [4.78, 5) is 20.3. The van der Waals surface area contributed by atoms with E-state index in [1.54, 1.807) is 0 Å². The number of carboxylic acid groups (broad SMARTS) is 1. The van der Waals surface area contributed by atoms with Crippen LogP contribution in [0.1, 0.15) is 7.43 Å². The van der Waals surface area contributed by atoms with Crippen LogP contribution in [-0.4, -0.2) is 36.0 Å². The van der Waals surface area contributed by atoms with Crippen molar-refractivity contribution < 1.29 is 32.4 Å². The van der Waals surface area contributed by atoms with E-state index in [0.29, 0.717) is 12.2 Å². The van der Waals surface area contributed by atoms with Gasteiger partial charge < -0.3 is 9.84 Å². The van der Waals surface area contributed by atoms with E-state index in [-0.39, 0.29) is 7.43 Å². The lowest BCUT2D eigenvalue weighted by Gasteiger charge is -1.96. The zero-order valence-electron chi connectivity index (χ0n) is 6.21. The Morgan fingerprint density at radius 3 is 2.14 bits per heavy atom. The molecule has 8 heteroatoms. The molecule has 0 amide bonds. The van der Waals surface area contributed by atoms with Gasteiger partial charge in [-0.15, -0.1) is 0 Å². The summed E-state index contributed by atoms with van der Waals surface area (Å²) in [5.74, 6) is -3.74. The average molecular weight is 226 g/mol. The smallest absolute Gasteiger partial charge is 0.332 e.